The maximum absolute atomic E-state index is 9.85. The van der Waals surface area contributed by atoms with Gasteiger partial charge in [0.25, 0.3) is 0 Å². The average Bonchev–Trinajstić information content (AvgIpc) is 2.72. The van der Waals surface area contributed by atoms with E-state index in [0.717, 1.165) is 20.8 Å². The molecule has 0 saturated carbocycles. The van der Waals surface area contributed by atoms with Gasteiger partial charge in [-0.25, -0.2) is 4.98 Å². The Labute approximate surface area is 103 Å². The van der Waals surface area contributed by atoms with Gasteiger partial charge in [-0.2, -0.15) is 0 Å². The van der Waals surface area contributed by atoms with Crippen LogP contribution in [0.4, 0.5) is 0 Å². The number of hydrogen-bond donors (Lipinski definition) is 1. The minimum atomic E-state index is -0.916. The summed E-state index contributed by atoms with van der Waals surface area (Å²) in [4.78, 5) is 4.49. The van der Waals surface area contributed by atoms with Gasteiger partial charge in [-0.15, -0.1) is 11.3 Å². The molecular weight excluding hydrogens is 234 g/mol. The molecule has 0 bridgehead atoms. The normalized spacial score (nSPS) is 19.8. The smallest absolute Gasteiger partial charge is 0.226 e. The zero-order valence-corrected chi connectivity index (χ0v) is 10.1. The van der Waals surface area contributed by atoms with Crippen molar-refractivity contribution in [2.75, 3.05) is 0 Å². The van der Waals surface area contributed by atoms with Crippen LogP contribution >= 0.6 is 11.3 Å². The predicted molar refractivity (Wildman–Crippen MR) is 68.4 cm³/mol. The maximum Gasteiger partial charge on any atom is 0.226 e. The van der Waals surface area contributed by atoms with Crippen LogP contribution in [0.3, 0.4) is 0 Å². The van der Waals surface area contributed by atoms with Gasteiger partial charge in [0, 0.05) is 0 Å². The van der Waals surface area contributed by atoms with E-state index in [2.05, 4.69) is 4.98 Å². The molecule has 1 aromatic carbocycles. The lowest BCUT2D eigenvalue weighted by Crippen LogP contribution is -2.15. The molecule has 0 fully saturated rings. The molecule has 1 aliphatic rings. The van der Waals surface area contributed by atoms with E-state index in [0.29, 0.717) is 5.76 Å². The summed E-state index contributed by atoms with van der Waals surface area (Å²) in [7, 11) is 0. The van der Waals surface area contributed by atoms with Crippen molar-refractivity contribution >= 4 is 27.1 Å². The molecule has 86 valence electrons. The van der Waals surface area contributed by atoms with Crippen molar-refractivity contribution < 1.29 is 9.84 Å². The van der Waals surface area contributed by atoms with Crippen molar-refractivity contribution in [1.29, 1.82) is 0 Å². The number of rotatable bonds is 1. The number of benzene rings is 1. The van der Waals surface area contributed by atoms with Gasteiger partial charge < -0.3 is 9.84 Å². The first kappa shape index (κ1) is 10.5. The second-order valence-corrected chi connectivity index (χ2v) is 4.89. The molecule has 2 heterocycles. The largest absolute Gasteiger partial charge is 0.465 e. The molecule has 2 aromatic rings. The summed E-state index contributed by atoms with van der Waals surface area (Å²) < 4.78 is 6.38. The summed E-state index contributed by atoms with van der Waals surface area (Å²) in [5.41, 5.74) is 1.67. The van der Waals surface area contributed by atoms with Gasteiger partial charge in [0.1, 0.15) is 5.01 Å². The van der Waals surface area contributed by atoms with Gasteiger partial charge in [-0.05, 0) is 31.2 Å². The molecule has 1 aromatic heterocycles. The highest BCUT2D eigenvalue weighted by Gasteiger charge is 2.20. The number of nitrogens with zero attached hydrogens (tertiary/aromatic N) is 1. The van der Waals surface area contributed by atoms with Crippen molar-refractivity contribution in [3.05, 3.63) is 47.2 Å². The number of aliphatic hydroxyl groups excluding tert-OH is 1. The van der Waals surface area contributed by atoms with E-state index in [4.69, 9.17) is 4.74 Å². The molecule has 0 saturated heterocycles. The Hall–Kier alpha value is -1.65. The fourth-order valence-electron chi connectivity index (χ4n) is 1.74. The fraction of sp³-hybridized carbons (Fsp3) is 0.154. The Bertz CT molecular complexity index is 594. The Balaban J connectivity index is 2.09. The number of para-hydroxylation sites is 1. The van der Waals surface area contributed by atoms with E-state index in [1.165, 1.54) is 0 Å². The predicted octanol–water partition coefficient (Wildman–Crippen LogP) is 2.93. The first-order chi connectivity index (χ1) is 8.24. The van der Waals surface area contributed by atoms with Crippen LogP contribution in [0, 0.1) is 0 Å². The molecular formula is C13H11NO2S. The summed E-state index contributed by atoms with van der Waals surface area (Å²) in [5.74, 6) is 0.711. The number of aromatic nitrogens is 1. The number of aliphatic hydroxyl groups is 1. The molecule has 17 heavy (non-hydrogen) atoms. The van der Waals surface area contributed by atoms with Gasteiger partial charge in [-0.3, -0.25) is 0 Å². The van der Waals surface area contributed by atoms with Gasteiger partial charge in [-0.1, -0.05) is 12.1 Å². The molecule has 0 spiro atoms. The lowest BCUT2D eigenvalue weighted by molar-refractivity contribution is -0.0196. The second-order valence-electron chi connectivity index (χ2n) is 3.86. The summed E-state index contributed by atoms with van der Waals surface area (Å²) in [6.07, 6.45) is 2.79. The third-order valence-corrected chi connectivity index (χ3v) is 3.69. The van der Waals surface area contributed by atoms with E-state index < -0.39 is 6.29 Å². The van der Waals surface area contributed by atoms with Gasteiger partial charge in [0.2, 0.25) is 6.29 Å². The fourth-order valence-corrected chi connectivity index (χ4v) is 2.74. The molecule has 4 heteroatoms. The van der Waals surface area contributed by atoms with Crippen molar-refractivity contribution in [3.8, 4) is 0 Å². The third kappa shape index (κ3) is 1.85. The number of hydrogen-bond acceptors (Lipinski definition) is 4. The topological polar surface area (TPSA) is 42.4 Å². The number of thiazole rings is 1. The lowest BCUT2D eigenvalue weighted by atomic mass is 10.2. The summed E-state index contributed by atoms with van der Waals surface area (Å²) in [6.45, 7) is 1.81. The Kier molecular flexibility index (Phi) is 2.46. The average molecular weight is 245 g/mol. The van der Waals surface area contributed by atoms with Crippen LogP contribution in [0.1, 0.15) is 11.9 Å². The first-order valence-corrected chi connectivity index (χ1v) is 6.15. The molecule has 1 unspecified atom stereocenters. The summed E-state index contributed by atoms with van der Waals surface area (Å²) >= 11 is 1.56. The van der Waals surface area contributed by atoms with E-state index in [1.807, 2.05) is 43.3 Å². The van der Waals surface area contributed by atoms with E-state index in [1.54, 1.807) is 11.3 Å². The van der Waals surface area contributed by atoms with Crippen molar-refractivity contribution in [1.82, 2.24) is 4.98 Å². The molecule has 3 nitrogen and oxygen atoms in total. The van der Waals surface area contributed by atoms with Crippen LogP contribution in [0.15, 0.2) is 42.2 Å². The van der Waals surface area contributed by atoms with E-state index in [-0.39, 0.29) is 0 Å². The minimum absolute atomic E-state index is 0.711. The Morgan fingerprint density at radius 1 is 1.29 bits per heavy atom. The second kappa shape index (κ2) is 3.98. The van der Waals surface area contributed by atoms with Crippen molar-refractivity contribution in [2.45, 2.75) is 13.2 Å². The Morgan fingerprint density at radius 3 is 2.88 bits per heavy atom. The van der Waals surface area contributed by atoms with Crippen LogP contribution < -0.4 is 0 Å². The van der Waals surface area contributed by atoms with Crippen LogP contribution in [-0.4, -0.2) is 16.4 Å². The highest BCUT2D eigenvalue weighted by atomic mass is 32.1. The highest BCUT2D eigenvalue weighted by Crippen LogP contribution is 2.31. The number of allylic oxidation sites excluding steroid dienone is 3. The Morgan fingerprint density at radius 2 is 2.12 bits per heavy atom. The third-order valence-electron chi connectivity index (χ3n) is 2.60. The van der Waals surface area contributed by atoms with Crippen LogP contribution in [-0.2, 0) is 4.74 Å². The molecule has 1 aliphatic heterocycles. The maximum atomic E-state index is 9.85. The standard InChI is InChI=1S/C13H11NO2S/c1-8-6-7-9(13(15)16-8)12-14-10-4-2-3-5-11(10)17-12/h2-7,13,15H,1H3. The first-order valence-electron chi connectivity index (χ1n) is 5.33. The van der Waals surface area contributed by atoms with Crippen LogP contribution in [0.25, 0.3) is 15.8 Å². The molecule has 0 amide bonds. The molecule has 0 aliphatic carbocycles. The van der Waals surface area contributed by atoms with E-state index >= 15 is 0 Å². The SMILES string of the molecule is CC1=CC=C(c2nc3ccccc3s2)C(O)O1. The molecule has 1 N–H and O–H groups in total. The molecule has 1 atom stereocenters. The minimum Gasteiger partial charge on any atom is -0.465 e. The highest BCUT2D eigenvalue weighted by molar-refractivity contribution is 7.19. The molecule has 0 radical (unpaired) electrons. The number of fused-ring (bicyclic) bond motifs is 1. The van der Waals surface area contributed by atoms with Gasteiger partial charge in [0.15, 0.2) is 0 Å². The summed E-state index contributed by atoms with van der Waals surface area (Å²) in [6, 6.07) is 7.93. The zero-order chi connectivity index (χ0) is 11.8. The number of ether oxygens (including phenoxy) is 1. The lowest BCUT2D eigenvalue weighted by Gasteiger charge is -2.18. The van der Waals surface area contributed by atoms with Crippen molar-refractivity contribution in [2.24, 2.45) is 0 Å². The molecule has 3 rings (SSSR count). The quantitative estimate of drug-likeness (QED) is 0.840. The monoisotopic (exact) mass is 245 g/mol. The van der Waals surface area contributed by atoms with Gasteiger partial charge in [0.05, 0.1) is 21.5 Å². The zero-order valence-electron chi connectivity index (χ0n) is 9.25. The van der Waals surface area contributed by atoms with Crippen molar-refractivity contribution in [3.63, 3.8) is 0 Å². The summed E-state index contributed by atoms with van der Waals surface area (Å²) in [5, 5.41) is 10.7. The van der Waals surface area contributed by atoms with Crippen LogP contribution in [0.2, 0.25) is 0 Å². The van der Waals surface area contributed by atoms with Gasteiger partial charge >= 0.3 is 0 Å². The van der Waals surface area contributed by atoms with E-state index in [9.17, 15) is 5.11 Å². The van der Waals surface area contributed by atoms with Crippen LogP contribution in [0.5, 0.6) is 0 Å².